The molecule has 20 heavy (non-hydrogen) atoms. The van der Waals surface area contributed by atoms with Crippen molar-refractivity contribution in [3.05, 3.63) is 59.5 Å². The summed E-state index contributed by atoms with van der Waals surface area (Å²) in [6.45, 7) is 3.37. The van der Waals surface area contributed by atoms with Crippen molar-refractivity contribution in [2.24, 2.45) is 0 Å². The van der Waals surface area contributed by atoms with E-state index in [4.69, 9.17) is 9.15 Å². The summed E-state index contributed by atoms with van der Waals surface area (Å²) in [6.07, 6.45) is 0. The predicted octanol–water partition coefficient (Wildman–Crippen LogP) is 2.88. The lowest BCUT2D eigenvalue weighted by Crippen LogP contribution is -2.33. The summed E-state index contributed by atoms with van der Waals surface area (Å²) in [5.74, 6) is 1.61. The molecular formula is C16H19NO3. The van der Waals surface area contributed by atoms with Gasteiger partial charge in [-0.25, -0.2) is 0 Å². The number of methoxy groups -OCH3 is 1. The summed E-state index contributed by atoms with van der Waals surface area (Å²) < 4.78 is 10.6. The van der Waals surface area contributed by atoms with Gasteiger partial charge >= 0.3 is 0 Å². The first kappa shape index (κ1) is 14.3. The third kappa shape index (κ3) is 3.71. The molecule has 0 fully saturated rings. The van der Waals surface area contributed by atoms with Crippen molar-refractivity contribution in [1.29, 1.82) is 0 Å². The molecule has 1 heterocycles. The molecule has 0 saturated heterocycles. The van der Waals surface area contributed by atoms with E-state index in [-0.39, 0.29) is 5.91 Å². The molecule has 1 aromatic carbocycles. The van der Waals surface area contributed by atoms with E-state index in [2.05, 4.69) is 0 Å². The average molecular weight is 273 g/mol. The minimum absolute atomic E-state index is 0.0169. The van der Waals surface area contributed by atoms with Crippen LogP contribution < -0.4 is 0 Å². The van der Waals surface area contributed by atoms with Gasteiger partial charge in [-0.3, -0.25) is 4.79 Å². The van der Waals surface area contributed by atoms with Crippen molar-refractivity contribution in [3.8, 4) is 0 Å². The Kier molecular flexibility index (Phi) is 4.96. The van der Waals surface area contributed by atoms with Gasteiger partial charge in [0.1, 0.15) is 11.5 Å². The van der Waals surface area contributed by atoms with E-state index in [0.717, 1.165) is 11.5 Å². The number of carbonyl (C=O) groups excluding carboxylic acids is 1. The summed E-state index contributed by atoms with van der Waals surface area (Å²) in [6, 6.07) is 13.0. The summed E-state index contributed by atoms with van der Waals surface area (Å²) >= 11 is 0. The van der Waals surface area contributed by atoms with Crippen LogP contribution in [0.3, 0.4) is 0 Å². The summed E-state index contributed by atoms with van der Waals surface area (Å²) in [4.78, 5) is 14.2. The first-order chi connectivity index (χ1) is 9.70. The van der Waals surface area contributed by atoms with Crippen molar-refractivity contribution >= 4 is 5.91 Å². The van der Waals surface area contributed by atoms with Crippen LogP contribution in [0.25, 0.3) is 0 Å². The molecule has 0 aliphatic carbocycles. The topological polar surface area (TPSA) is 42.7 Å². The second-order valence-corrected chi connectivity index (χ2v) is 4.60. The van der Waals surface area contributed by atoms with Crippen molar-refractivity contribution in [1.82, 2.24) is 4.90 Å². The molecule has 0 saturated carbocycles. The highest BCUT2D eigenvalue weighted by molar-refractivity contribution is 5.94. The number of rotatable bonds is 6. The molecule has 0 atom stereocenters. The molecule has 1 aromatic heterocycles. The summed E-state index contributed by atoms with van der Waals surface area (Å²) in [5, 5.41) is 0. The van der Waals surface area contributed by atoms with E-state index in [0.29, 0.717) is 25.3 Å². The Labute approximate surface area is 119 Å². The molecule has 0 aliphatic rings. The van der Waals surface area contributed by atoms with Gasteiger partial charge in [-0.15, -0.1) is 0 Å². The second kappa shape index (κ2) is 6.91. The third-order valence-corrected chi connectivity index (χ3v) is 3.02. The van der Waals surface area contributed by atoms with Gasteiger partial charge in [-0.2, -0.15) is 0 Å². The van der Waals surface area contributed by atoms with Gasteiger partial charge in [0.25, 0.3) is 5.91 Å². The van der Waals surface area contributed by atoms with E-state index >= 15 is 0 Å². The zero-order valence-corrected chi connectivity index (χ0v) is 11.8. The number of furan rings is 1. The molecule has 4 heteroatoms. The fraction of sp³-hybridized carbons (Fsp3) is 0.312. The molecule has 0 N–H and O–H groups in total. The van der Waals surface area contributed by atoms with Crippen LogP contribution in [0.15, 0.2) is 46.9 Å². The zero-order chi connectivity index (χ0) is 14.4. The number of nitrogens with zero attached hydrogens (tertiary/aromatic N) is 1. The molecule has 1 amide bonds. The van der Waals surface area contributed by atoms with Crippen LogP contribution in [-0.4, -0.2) is 31.1 Å². The summed E-state index contributed by atoms with van der Waals surface area (Å²) in [7, 11) is 1.63. The van der Waals surface area contributed by atoms with Gasteiger partial charge in [-0.1, -0.05) is 18.2 Å². The maximum absolute atomic E-state index is 12.5. The number of hydrogen-bond acceptors (Lipinski definition) is 3. The molecule has 0 unspecified atom stereocenters. The molecule has 0 aliphatic heterocycles. The SMILES string of the molecule is COCCN(Cc1ccc(C)o1)C(=O)c1ccccc1. The lowest BCUT2D eigenvalue weighted by atomic mass is 10.2. The monoisotopic (exact) mass is 273 g/mol. The highest BCUT2D eigenvalue weighted by Gasteiger charge is 2.17. The van der Waals surface area contributed by atoms with Crippen LogP contribution in [0, 0.1) is 6.92 Å². The Morgan fingerprint density at radius 1 is 1.20 bits per heavy atom. The Balaban J connectivity index is 2.12. The standard InChI is InChI=1S/C16H19NO3/c1-13-8-9-15(20-13)12-17(10-11-19-2)16(18)14-6-4-3-5-7-14/h3-9H,10-12H2,1-2H3. The number of hydrogen-bond donors (Lipinski definition) is 0. The van der Waals surface area contributed by atoms with Crippen molar-refractivity contribution in [2.45, 2.75) is 13.5 Å². The molecule has 0 spiro atoms. The van der Waals surface area contributed by atoms with Gasteiger partial charge in [-0.05, 0) is 31.2 Å². The third-order valence-electron chi connectivity index (χ3n) is 3.02. The number of aryl methyl sites for hydroxylation is 1. The Bertz CT molecular complexity index is 548. The highest BCUT2D eigenvalue weighted by Crippen LogP contribution is 2.12. The lowest BCUT2D eigenvalue weighted by molar-refractivity contribution is 0.0666. The van der Waals surface area contributed by atoms with Crippen molar-refractivity contribution in [3.63, 3.8) is 0 Å². The predicted molar refractivity (Wildman–Crippen MR) is 76.5 cm³/mol. The number of carbonyl (C=O) groups is 1. The molecular weight excluding hydrogens is 254 g/mol. The van der Waals surface area contributed by atoms with Gasteiger partial charge in [0.05, 0.1) is 13.2 Å². The quantitative estimate of drug-likeness (QED) is 0.812. The van der Waals surface area contributed by atoms with Crippen LogP contribution >= 0.6 is 0 Å². The molecule has 0 radical (unpaired) electrons. The van der Waals surface area contributed by atoms with Gasteiger partial charge in [0, 0.05) is 19.2 Å². The lowest BCUT2D eigenvalue weighted by Gasteiger charge is -2.21. The molecule has 106 valence electrons. The normalized spacial score (nSPS) is 10.5. The van der Waals surface area contributed by atoms with E-state index in [1.807, 2.05) is 49.4 Å². The second-order valence-electron chi connectivity index (χ2n) is 4.60. The highest BCUT2D eigenvalue weighted by atomic mass is 16.5. The fourth-order valence-electron chi connectivity index (χ4n) is 1.98. The van der Waals surface area contributed by atoms with Crippen LogP contribution in [0.1, 0.15) is 21.9 Å². The summed E-state index contributed by atoms with van der Waals surface area (Å²) in [5.41, 5.74) is 0.673. The number of amides is 1. The number of benzene rings is 1. The zero-order valence-electron chi connectivity index (χ0n) is 11.8. The average Bonchev–Trinajstić information content (AvgIpc) is 2.89. The van der Waals surface area contributed by atoms with E-state index in [1.54, 1.807) is 12.0 Å². The maximum Gasteiger partial charge on any atom is 0.254 e. The fourth-order valence-corrected chi connectivity index (χ4v) is 1.98. The minimum Gasteiger partial charge on any atom is -0.464 e. The van der Waals surface area contributed by atoms with Crippen LogP contribution in [0.2, 0.25) is 0 Å². The Hall–Kier alpha value is -2.07. The van der Waals surface area contributed by atoms with E-state index in [1.165, 1.54) is 0 Å². The molecule has 2 rings (SSSR count). The molecule has 0 bridgehead atoms. The van der Waals surface area contributed by atoms with Crippen LogP contribution in [0.5, 0.6) is 0 Å². The van der Waals surface area contributed by atoms with Crippen LogP contribution in [0.4, 0.5) is 0 Å². The Morgan fingerprint density at radius 3 is 2.55 bits per heavy atom. The minimum atomic E-state index is -0.0169. The Morgan fingerprint density at radius 2 is 1.95 bits per heavy atom. The van der Waals surface area contributed by atoms with Crippen LogP contribution in [-0.2, 0) is 11.3 Å². The first-order valence-corrected chi connectivity index (χ1v) is 6.59. The van der Waals surface area contributed by atoms with E-state index < -0.39 is 0 Å². The van der Waals surface area contributed by atoms with Gasteiger partial charge in [0.2, 0.25) is 0 Å². The molecule has 4 nitrogen and oxygen atoms in total. The number of ether oxygens (including phenoxy) is 1. The van der Waals surface area contributed by atoms with E-state index in [9.17, 15) is 4.79 Å². The van der Waals surface area contributed by atoms with Gasteiger partial charge in [0.15, 0.2) is 0 Å². The van der Waals surface area contributed by atoms with Crippen molar-refractivity contribution in [2.75, 3.05) is 20.3 Å². The van der Waals surface area contributed by atoms with Crippen molar-refractivity contribution < 1.29 is 13.9 Å². The van der Waals surface area contributed by atoms with Gasteiger partial charge < -0.3 is 14.1 Å². The maximum atomic E-state index is 12.5. The largest absolute Gasteiger partial charge is 0.464 e. The molecule has 2 aromatic rings. The first-order valence-electron chi connectivity index (χ1n) is 6.59. The smallest absolute Gasteiger partial charge is 0.254 e.